The molecule has 1 aromatic heterocycles. The number of fused-ring (bicyclic) bond motifs is 1. The third-order valence-corrected chi connectivity index (χ3v) is 23.4. The van der Waals surface area contributed by atoms with Crippen molar-refractivity contribution in [2.75, 3.05) is 0 Å². The van der Waals surface area contributed by atoms with Gasteiger partial charge in [0.2, 0.25) is 0 Å². The van der Waals surface area contributed by atoms with Crippen LogP contribution in [-0.2, 0) is 0 Å². The van der Waals surface area contributed by atoms with E-state index in [1.165, 1.54) is 62.9 Å². The summed E-state index contributed by atoms with van der Waals surface area (Å²) in [6, 6.07) is 26.1. The summed E-state index contributed by atoms with van der Waals surface area (Å²) >= 11 is -2.72. The van der Waals surface area contributed by atoms with Gasteiger partial charge in [0.15, 0.2) is 0 Å². The Hall–Kier alpha value is -2.20. The van der Waals surface area contributed by atoms with Gasteiger partial charge in [-0.1, -0.05) is 0 Å². The summed E-state index contributed by atoms with van der Waals surface area (Å²) in [6.45, 7) is 9.26. The van der Waals surface area contributed by atoms with Crippen LogP contribution in [0.3, 0.4) is 0 Å². The molecule has 0 fully saturated rings. The Labute approximate surface area is 222 Å². The third kappa shape index (κ3) is 5.85. The standard InChI is InChI=1S/C21H15N2.3C4H9.Sn/c1-15-9-8-14-18-19(15)23-21(17-12-6-3-7-13-17)20(22-18)16-10-4-2-5-11-16;3*1-3-4-2;/h2-13H,1H3;3*1,3-4H2,2H3;. The molecule has 36 heavy (non-hydrogen) atoms. The van der Waals surface area contributed by atoms with Crippen LogP contribution >= 0.6 is 0 Å². The second-order valence-electron chi connectivity index (χ2n) is 10.4. The zero-order valence-corrected chi connectivity index (χ0v) is 25.5. The van der Waals surface area contributed by atoms with E-state index < -0.39 is 18.4 Å². The van der Waals surface area contributed by atoms with E-state index >= 15 is 0 Å². The van der Waals surface area contributed by atoms with E-state index in [2.05, 4.69) is 100 Å². The van der Waals surface area contributed by atoms with Gasteiger partial charge in [-0.15, -0.1) is 0 Å². The predicted octanol–water partition coefficient (Wildman–Crippen LogP) is 9.33. The number of hydrogen-bond acceptors (Lipinski definition) is 2. The van der Waals surface area contributed by atoms with Gasteiger partial charge >= 0.3 is 223 Å². The predicted molar refractivity (Wildman–Crippen MR) is 160 cm³/mol. The van der Waals surface area contributed by atoms with E-state index in [1.807, 2.05) is 0 Å². The molecule has 0 spiro atoms. The number of aryl methyl sites for hydroxylation is 1. The molecule has 0 saturated heterocycles. The minimum atomic E-state index is -2.72. The molecule has 0 bridgehead atoms. The molecule has 0 N–H and O–H groups in total. The molecule has 0 atom stereocenters. The van der Waals surface area contributed by atoms with Crippen LogP contribution in [0.2, 0.25) is 13.3 Å². The molecule has 3 heteroatoms. The maximum atomic E-state index is 5.56. The zero-order valence-electron chi connectivity index (χ0n) is 22.7. The fourth-order valence-corrected chi connectivity index (χ4v) is 22.1. The molecule has 188 valence electrons. The van der Waals surface area contributed by atoms with Crippen LogP contribution in [0.1, 0.15) is 64.9 Å². The van der Waals surface area contributed by atoms with Crippen LogP contribution in [-0.4, -0.2) is 28.3 Å². The molecule has 1 heterocycles. The molecule has 0 saturated carbocycles. The van der Waals surface area contributed by atoms with Gasteiger partial charge < -0.3 is 0 Å². The van der Waals surface area contributed by atoms with Crippen molar-refractivity contribution in [1.29, 1.82) is 0 Å². The Balaban J connectivity index is 2.02. The fourth-order valence-electron chi connectivity index (χ4n) is 5.61. The second kappa shape index (κ2) is 12.9. The molecule has 4 rings (SSSR count). The first-order valence-corrected chi connectivity index (χ1v) is 21.5. The van der Waals surface area contributed by atoms with Crippen molar-refractivity contribution in [2.24, 2.45) is 0 Å². The van der Waals surface area contributed by atoms with E-state index in [0.717, 1.165) is 28.0 Å². The molecule has 0 aliphatic rings. The molecule has 0 radical (unpaired) electrons. The molecule has 0 amide bonds. The molecule has 3 aromatic carbocycles. The monoisotopic (exact) mass is 586 g/mol. The molecular weight excluding hydrogens is 543 g/mol. The van der Waals surface area contributed by atoms with E-state index in [9.17, 15) is 0 Å². The second-order valence-corrected chi connectivity index (χ2v) is 23.5. The van der Waals surface area contributed by atoms with Crippen LogP contribution in [0.25, 0.3) is 33.5 Å². The van der Waals surface area contributed by atoms with Gasteiger partial charge in [0, 0.05) is 0 Å². The fraction of sp³-hybridized carbons (Fsp3) is 0.394. The summed E-state index contributed by atoms with van der Waals surface area (Å²) in [4.78, 5) is 11.0. The minimum absolute atomic E-state index is 0.992. The number of rotatable bonds is 12. The van der Waals surface area contributed by atoms with Crippen molar-refractivity contribution in [3.05, 3.63) is 78.4 Å². The Morgan fingerprint density at radius 1 is 0.556 bits per heavy atom. The van der Waals surface area contributed by atoms with Crippen molar-refractivity contribution in [3.63, 3.8) is 0 Å². The molecule has 0 aliphatic carbocycles. The third-order valence-electron chi connectivity index (χ3n) is 7.72. The van der Waals surface area contributed by atoms with E-state index in [4.69, 9.17) is 9.97 Å². The normalized spacial score (nSPS) is 11.8. The number of aromatic nitrogens is 2. The first-order chi connectivity index (χ1) is 17.6. The van der Waals surface area contributed by atoms with Gasteiger partial charge in [-0.3, -0.25) is 0 Å². The SMILES string of the molecule is CCC[CH2][Sn]([CH2]CCC)([CH2]CCC)[c]1ccc(C)c2nc(-c3ccccc3)c(-c3ccccc3)nc12. The first kappa shape index (κ1) is 26.9. The molecule has 2 nitrogen and oxygen atoms in total. The average molecular weight is 585 g/mol. The van der Waals surface area contributed by atoms with Gasteiger partial charge in [-0.05, 0) is 0 Å². The van der Waals surface area contributed by atoms with Gasteiger partial charge in [0.25, 0.3) is 0 Å². The summed E-state index contributed by atoms with van der Waals surface area (Å²) in [5.41, 5.74) is 7.83. The summed E-state index contributed by atoms with van der Waals surface area (Å²) < 4.78 is 5.94. The van der Waals surface area contributed by atoms with Gasteiger partial charge in [-0.2, -0.15) is 0 Å². The van der Waals surface area contributed by atoms with Crippen molar-refractivity contribution < 1.29 is 0 Å². The molecule has 0 aliphatic heterocycles. The quantitative estimate of drug-likeness (QED) is 0.155. The Bertz CT molecular complexity index is 1230. The Morgan fingerprint density at radius 2 is 1.00 bits per heavy atom. The van der Waals surface area contributed by atoms with Crippen molar-refractivity contribution in [3.8, 4) is 22.5 Å². The van der Waals surface area contributed by atoms with Crippen molar-refractivity contribution in [1.82, 2.24) is 9.97 Å². The number of hydrogen-bond donors (Lipinski definition) is 0. The summed E-state index contributed by atoms with van der Waals surface area (Å²) in [5.74, 6) is 0. The maximum absolute atomic E-state index is 5.56. The van der Waals surface area contributed by atoms with Crippen molar-refractivity contribution >= 4 is 33.0 Å². The summed E-state index contributed by atoms with van der Waals surface area (Å²) in [5, 5.41) is 0. The topological polar surface area (TPSA) is 25.8 Å². The van der Waals surface area contributed by atoms with Gasteiger partial charge in [0.1, 0.15) is 0 Å². The van der Waals surface area contributed by atoms with Crippen molar-refractivity contribution in [2.45, 2.75) is 79.5 Å². The van der Waals surface area contributed by atoms with Crippen LogP contribution in [0.5, 0.6) is 0 Å². The van der Waals surface area contributed by atoms with Crippen LogP contribution in [0.4, 0.5) is 0 Å². The van der Waals surface area contributed by atoms with Gasteiger partial charge in [-0.25, -0.2) is 0 Å². The molecule has 0 unspecified atom stereocenters. The Morgan fingerprint density at radius 3 is 1.44 bits per heavy atom. The van der Waals surface area contributed by atoms with Crippen LogP contribution in [0.15, 0.2) is 72.8 Å². The summed E-state index contributed by atoms with van der Waals surface area (Å²) in [7, 11) is 0. The zero-order chi connectivity index (χ0) is 25.4. The van der Waals surface area contributed by atoms with Crippen LogP contribution in [0, 0.1) is 6.92 Å². The van der Waals surface area contributed by atoms with Gasteiger partial charge in [0.05, 0.1) is 0 Å². The van der Waals surface area contributed by atoms with Crippen LogP contribution < -0.4 is 3.58 Å². The van der Waals surface area contributed by atoms with E-state index in [0.29, 0.717) is 0 Å². The average Bonchev–Trinajstić information content (AvgIpc) is 2.94. The summed E-state index contributed by atoms with van der Waals surface area (Å²) in [6.07, 6.45) is 7.87. The van der Waals surface area contributed by atoms with E-state index in [1.54, 1.807) is 3.58 Å². The van der Waals surface area contributed by atoms with E-state index in [-0.39, 0.29) is 0 Å². The molecular formula is C33H42N2Sn. The number of nitrogens with zero attached hydrogens (tertiary/aromatic N) is 2. The number of unbranched alkanes of at least 4 members (excludes halogenated alkanes) is 3. The Kier molecular flexibility index (Phi) is 9.59. The molecule has 4 aromatic rings. The first-order valence-electron chi connectivity index (χ1n) is 14.1. The number of benzene rings is 3.